The number of hydrogen-bond acceptors (Lipinski definition) is 7. The number of ether oxygens (including phenoxy) is 1. The Kier molecular flexibility index (Phi) is 8.28. The molecule has 7 nitrogen and oxygen atoms in total. The molecule has 25 heavy (non-hydrogen) atoms. The van der Waals surface area contributed by atoms with E-state index in [1.54, 1.807) is 13.8 Å². The van der Waals surface area contributed by atoms with Crippen LogP contribution in [0.2, 0.25) is 10.3 Å². The zero-order valence-electron chi connectivity index (χ0n) is 14.5. The third-order valence-electron chi connectivity index (χ3n) is 3.30. The Labute approximate surface area is 156 Å². The van der Waals surface area contributed by atoms with Gasteiger partial charge in [0.2, 0.25) is 0 Å². The van der Waals surface area contributed by atoms with E-state index in [0.717, 1.165) is 6.21 Å². The quantitative estimate of drug-likeness (QED) is 0.321. The predicted molar refractivity (Wildman–Crippen MR) is 97.2 cm³/mol. The number of aromatic nitrogens is 2. The normalized spacial score (nSPS) is 13.9. The summed E-state index contributed by atoms with van der Waals surface area (Å²) in [5.41, 5.74) is -0.0244. The fraction of sp³-hybridized carbons (Fsp3) is 0.500. The van der Waals surface area contributed by atoms with E-state index in [9.17, 15) is 15.0 Å². The first-order valence-corrected chi connectivity index (χ1v) is 8.42. The van der Waals surface area contributed by atoms with Crippen LogP contribution in [0.1, 0.15) is 32.2 Å². The molecule has 0 fully saturated rings. The lowest BCUT2D eigenvalue weighted by Gasteiger charge is -2.13. The third-order valence-corrected chi connectivity index (χ3v) is 3.92. The summed E-state index contributed by atoms with van der Waals surface area (Å²) in [6.45, 7) is 6.87. The highest BCUT2D eigenvalue weighted by atomic mass is 35.5. The average Bonchev–Trinajstić information content (AvgIpc) is 2.54. The van der Waals surface area contributed by atoms with Gasteiger partial charge < -0.3 is 14.9 Å². The number of carbonyl (C=O) groups is 1. The molecule has 0 radical (unpaired) electrons. The van der Waals surface area contributed by atoms with Crippen LogP contribution in [-0.4, -0.2) is 51.6 Å². The lowest BCUT2D eigenvalue weighted by molar-refractivity contribution is -0.137. The van der Waals surface area contributed by atoms with Gasteiger partial charge in [-0.25, -0.2) is 14.8 Å². The molecule has 9 heteroatoms. The molecule has 0 spiro atoms. The Hall–Kier alpha value is -1.70. The Balaban J connectivity index is 3.44. The molecule has 1 atom stereocenters. The van der Waals surface area contributed by atoms with Crippen LogP contribution in [0.25, 0.3) is 5.76 Å². The SMILES string of the molecule is CCOC(=O)C(C=N[C@H](CO)C(C)C)=C(O)c1nc(Cl)c(C)nc1Cl. The van der Waals surface area contributed by atoms with Gasteiger partial charge in [0, 0.05) is 6.21 Å². The number of carbonyl (C=O) groups excluding carboxylic acids is 1. The molecule has 0 saturated heterocycles. The van der Waals surface area contributed by atoms with Crippen LogP contribution in [0.4, 0.5) is 0 Å². The molecule has 0 aliphatic heterocycles. The molecule has 2 N–H and O–H groups in total. The van der Waals surface area contributed by atoms with Gasteiger partial charge in [0.15, 0.2) is 16.1 Å². The second-order valence-corrected chi connectivity index (χ2v) is 6.21. The van der Waals surface area contributed by atoms with E-state index in [-0.39, 0.29) is 40.7 Å². The van der Waals surface area contributed by atoms with E-state index in [1.807, 2.05) is 13.8 Å². The molecule has 0 saturated carbocycles. The van der Waals surface area contributed by atoms with Crippen molar-refractivity contribution in [1.29, 1.82) is 0 Å². The summed E-state index contributed by atoms with van der Waals surface area (Å²) >= 11 is 11.9. The van der Waals surface area contributed by atoms with Crippen molar-refractivity contribution in [2.75, 3.05) is 13.2 Å². The van der Waals surface area contributed by atoms with Gasteiger partial charge in [-0.05, 0) is 19.8 Å². The van der Waals surface area contributed by atoms with Gasteiger partial charge >= 0.3 is 5.97 Å². The summed E-state index contributed by atoms with van der Waals surface area (Å²) in [7, 11) is 0. The lowest BCUT2D eigenvalue weighted by Crippen LogP contribution is -2.19. The van der Waals surface area contributed by atoms with Crippen molar-refractivity contribution in [3.05, 3.63) is 27.3 Å². The molecular weight excluding hydrogens is 369 g/mol. The first kappa shape index (κ1) is 21.3. The lowest BCUT2D eigenvalue weighted by atomic mass is 10.1. The van der Waals surface area contributed by atoms with Crippen molar-refractivity contribution in [3.63, 3.8) is 0 Å². The van der Waals surface area contributed by atoms with Gasteiger partial charge in [-0.2, -0.15) is 0 Å². The fourth-order valence-corrected chi connectivity index (χ4v) is 2.15. The van der Waals surface area contributed by atoms with Crippen molar-refractivity contribution in [3.8, 4) is 0 Å². The Morgan fingerprint density at radius 1 is 1.32 bits per heavy atom. The van der Waals surface area contributed by atoms with Gasteiger partial charge in [-0.1, -0.05) is 37.0 Å². The molecule has 0 unspecified atom stereocenters. The summed E-state index contributed by atoms with van der Waals surface area (Å²) in [5, 5.41) is 19.8. The second kappa shape index (κ2) is 9.70. The minimum Gasteiger partial charge on any atom is -0.505 e. The van der Waals surface area contributed by atoms with Crippen molar-refractivity contribution >= 4 is 41.1 Å². The molecule has 0 bridgehead atoms. The highest BCUT2D eigenvalue weighted by Crippen LogP contribution is 2.24. The maximum Gasteiger partial charge on any atom is 0.343 e. The van der Waals surface area contributed by atoms with Crippen LogP contribution in [0, 0.1) is 12.8 Å². The van der Waals surface area contributed by atoms with E-state index >= 15 is 0 Å². The van der Waals surface area contributed by atoms with Gasteiger partial charge in [0.25, 0.3) is 0 Å². The number of halogens is 2. The molecule has 0 aliphatic carbocycles. The first-order valence-electron chi connectivity index (χ1n) is 7.67. The number of nitrogens with zero attached hydrogens (tertiary/aromatic N) is 3. The minimum atomic E-state index is -0.807. The van der Waals surface area contributed by atoms with E-state index < -0.39 is 17.8 Å². The van der Waals surface area contributed by atoms with Crippen LogP contribution < -0.4 is 0 Å². The van der Waals surface area contributed by atoms with Crippen molar-refractivity contribution in [2.45, 2.75) is 33.7 Å². The number of aliphatic hydroxyl groups excluding tert-OH is 2. The van der Waals surface area contributed by atoms with Gasteiger partial charge in [-0.3, -0.25) is 4.99 Å². The molecule has 0 amide bonds. The molecule has 138 valence electrons. The highest BCUT2D eigenvalue weighted by molar-refractivity contribution is 6.33. The predicted octanol–water partition coefficient (Wildman–Crippen LogP) is 3.01. The largest absolute Gasteiger partial charge is 0.505 e. The standard InChI is InChI=1S/C16H21Cl2N3O4/c1-5-25-16(24)10(6-19-11(7-22)8(2)3)13(23)12-15(18)20-9(4)14(17)21-12/h6,8,11,22-23H,5,7H2,1-4H3/t11-/m1/s1. The maximum absolute atomic E-state index is 12.2. The van der Waals surface area contributed by atoms with E-state index in [4.69, 9.17) is 27.9 Å². The minimum absolute atomic E-state index is 0.0315. The average molecular weight is 390 g/mol. The van der Waals surface area contributed by atoms with Gasteiger partial charge in [0.1, 0.15) is 11.3 Å². The zero-order valence-corrected chi connectivity index (χ0v) is 16.0. The molecule has 1 heterocycles. The van der Waals surface area contributed by atoms with E-state index in [2.05, 4.69) is 15.0 Å². The Morgan fingerprint density at radius 2 is 1.96 bits per heavy atom. The Bertz CT molecular complexity index is 690. The number of rotatable bonds is 7. The van der Waals surface area contributed by atoms with Crippen LogP contribution in [0.5, 0.6) is 0 Å². The van der Waals surface area contributed by atoms with E-state index in [0.29, 0.717) is 5.69 Å². The number of aliphatic imine (C=N–C) groups is 1. The molecule has 1 rings (SSSR count). The monoisotopic (exact) mass is 389 g/mol. The molecule has 0 aromatic carbocycles. The fourth-order valence-electron chi connectivity index (χ4n) is 1.77. The zero-order chi connectivity index (χ0) is 19.1. The maximum atomic E-state index is 12.2. The highest BCUT2D eigenvalue weighted by Gasteiger charge is 2.22. The summed E-state index contributed by atoms with van der Waals surface area (Å²) in [4.78, 5) is 24.2. The summed E-state index contributed by atoms with van der Waals surface area (Å²) in [6.07, 6.45) is 1.14. The number of aryl methyl sites for hydroxylation is 1. The molecule has 1 aromatic heterocycles. The topological polar surface area (TPSA) is 105 Å². The summed E-state index contributed by atoms with van der Waals surface area (Å²) in [6, 6.07) is -0.444. The van der Waals surface area contributed by atoms with Crippen LogP contribution in [-0.2, 0) is 9.53 Å². The summed E-state index contributed by atoms with van der Waals surface area (Å²) < 4.78 is 4.93. The smallest absolute Gasteiger partial charge is 0.343 e. The first-order chi connectivity index (χ1) is 11.7. The number of esters is 1. The van der Waals surface area contributed by atoms with Crippen molar-refractivity contribution in [1.82, 2.24) is 9.97 Å². The third kappa shape index (κ3) is 5.66. The van der Waals surface area contributed by atoms with Gasteiger partial charge in [-0.15, -0.1) is 0 Å². The molecule has 1 aromatic rings. The van der Waals surface area contributed by atoms with Crippen LogP contribution in [0.15, 0.2) is 10.6 Å². The number of hydrogen-bond donors (Lipinski definition) is 2. The van der Waals surface area contributed by atoms with E-state index in [1.165, 1.54) is 0 Å². The van der Waals surface area contributed by atoms with Gasteiger partial charge in [0.05, 0.1) is 24.9 Å². The molecule has 0 aliphatic rings. The number of aliphatic hydroxyl groups is 2. The second-order valence-electron chi connectivity index (χ2n) is 5.49. The van der Waals surface area contributed by atoms with Crippen LogP contribution >= 0.6 is 23.2 Å². The Morgan fingerprint density at radius 3 is 2.48 bits per heavy atom. The molecular formula is C16H21Cl2N3O4. The summed E-state index contributed by atoms with van der Waals surface area (Å²) in [5.74, 6) is -1.33. The van der Waals surface area contributed by atoms with Crippen molar-refractivity contribution in [2.24, 2.45) is 10.9 Å². The van der Waals surface area contributed by atoms with Crippen molar-refractivity contribution < 1.29 is 19.7 Å². The van der Waals surface area contributed by atoms with Crippen LogP contribution in [0.3, 0.4) is 0 Å².